The van der Waals surface area contributed by atoms with Crippen molar-refractivity contribution < 1.29 is 19.2 Å². The Morgan fingerprint density at radius 2 is 1.88 bits per heavy atom. The molecule has 0 heterocycles. The van der Waals surface area contributed by atoms with E-state index >= 15 is 0 Å². The number of methoxy groups -OCH3 is 1. The van der Waals surface area contributed by atoms with Crippen molar-refractivity contribution in [3.8, 4) is 11.5 Å². The van der Waals surface area contributed by atoms with Crippen molar-refractivity contribution in [2.75, 3.05) is 20.3 Å². The Labute approximate surface area is 155 Å². The highest BCUT2D eigenvalue weighted by Gasteiger charge is 2.24. The number of nitrogens with zero attached hydrogens (tertiary/aromatic N) is 1. The number of amides is 1. The Bertz CT molecular complexity index is 602. The lowest BCUT2D eigenvalue weighted by molar-refractivity contribution is -0.385. The molecule has 7 heteroatoms. The van der Waals surface area contributed by atoms with Crippen LogP contribution in [0.2, 0.25) is 0 Å². The third-order valence-corrected chi connectivity index (χ3v) is 4.02. The Kier molecular flexibility index (Phi) is 9.47. The quantitative estimate of drug-likeness (QED) is 0.337. The van der Waals surface area contributed by atoms with E-state index < -0.39 is 10.8 Å². The summed E-state index contributed by atoms with van der Waals surface area (Å²) in [4.78, 5) is 23.1. The molecule has 1 aromatic rings. The lowest BCUT2D eigenvalue weighted by atomic mass is 10.0. The highest BCUT2D eigenvalue weighted by Crippen LogP contribution is 2.34. The number of benzene rings is 1. The first kappa shape index (κ1) is 21.7. The molecule has 1 amide bonds. The van der Waals surface area contributed by atoms with Gasteiger partial charge in [-0.05, 0) is 19.3 Å². The van der Waals surface area contributed by atoms with Crippen LogP contribution in [-0.2, 0) is 0 Å². The molecule has 1 rings (SSSR count). The van der Waals surface area contributed by atoms with Gasteiger partial charge in [-0.25, -0.2) is 0 Å². The van der Waals surface area contributed by atoms with Crippen LogP contribution >= 0.6 is 0 Å². The molecule has 0 spiro atoms. The van der Waals surface area contributed by atoms with E-state index in [1.165, 1.54) is 32.1 Å². The minimum absolute atomic E-state index is 0.0148. The predicted molar refractivity (Wildman–Crippen MR) is 101 cm³/mol. The molecule has 0 aliphatic carbocycles. The summed E-state index contributed by atoms with van der Waals surface area (Å²) in [6.07, 6.45) is 5.41. The Hall–Kier alpha value is -2.31. The lowest BCUT2D eigenvalue weighted by Gasteiger charge is -2.12. The molecule has 1 N–H and O–H groups in total. The van der Waals surface area contributed by atoms with Crippen LogP contribution < -0.4 is 14.8 Å². The van der Waals surface area contributed by atoms with Gasteiger partial charge in [-0.15, -0.1) is 0 Å². The topological polar surface area (TPSA) is 90.7 Å². The fourth-order valence-corrected chi connectivity index (χ4v) is 2.64. The molecule has 146 valence electrons. The Balaban J connectivity index is 2.69. The molecular weight excluding hydrogens is 336 g/mol. The van der Waals surface area contributed by atoms with Gasteiger partial charge in [-0.2, -0.15) is 0 Å². The van der Waals surface area contributed by atoms with Crippen LogP contribution in [0.15, 0.2) is 12.1 Å². The number of carbonyl (C=O) groups is 1. The van der Waals surface area contributed by atoms with Crippen molar-refractivity contribution in [3.05, 3.63) is 27.8 Å². The monoisotopic (exact) mass is 366 g/mol. The van der Waals surface area contributed by atoms with E-state index in [4.69, 9.17) is 9.47 Å². The van der Waals surface area contributed by atoms with Crippen molar-refractivity contribution >= 4 is 11.6 Å². The number of rotatable bonds is 12. The number of carbonyl (C=O) groups excluding carboxylic acids is 1. The highest BCUT2D eigenvalue weighted by molar-refractivity contribution is 5.99. The summed E-state index contributed by atoms with van der Waals surface area (Å²) >= 11 is 0. The van der Waals surface area contributed by atoms with E-state index in [0.29, 0.717) is 24.8 Å². The zero-order valence-electron chi connectivity index (χ0n) is 16.2. The maximum atomic E-state index is 12.4. The number of hydrogen-bond donors (Lipinski definition) is 1. The van der Waals surface area contributed by atoms with Gasteiger partial charge in [0, 0.05) is 12.6 Å². The SMILES string of the molecule is CCOc1cc(C(=O)NCCCCCCC(C)C)c([N+](=O)[O-])cc1OC. The van der Waals surface area contributed by atoms with Crippen molar-refractivity contribution in [2.24, 2.45) is 5.92 Å². The Morgan fingerprint density at radius 1 is 1.19 bits per heavy atom. The second kappa shape index (κ2) is 11.3. The van der Waals surface area contributed by atoms with Gasteiger partial charge in [0.05, 0.1) is 24.7 Å². The molecular formula is C19H30N2O5. The molecule has 26 heavy (non-hydrogen) atoms. The summed E-state index contributed by atoms with van der Waals surface area (Å²) in [6.45, 7) is 7.07. The molecule has 0 bridgehead atoms. The lowest BCUT2D eigenvalue weighted by Crippen LogP contribution is -2.25. The van der Waals surface area contributed by atoms with Gasteiger partial charge in [-0.1, -0.05) is 39.5 Å². The molecule has 1 aromatic carbocycles. The van der Waals surface area contributed by atoms with Crippen LogP contribution in [0.5, 0.6) is 11.5 Å². The first-order valence-corrected chi connectivity index (χ1v) is 9.18. The summed E-state index contributed by atoms with van der Waals surface area (Å²) in [5.41, 5.74) is -0.307. The van der Waals surface area contributed by atoms with E-state index in [1.54, 1.807) is 6.92 Å². The van der Waals surface area contributed by atoms with Crippen LogP contribution in [-0.4, -0.2) is 31.1 Å². The van der Waals surface area contributed by atoms with Gasteiger partial charge >= 0.3 is 0 Å². The van der Waals surface area contributed by atoms with Crippen LogP contribution in [0.1, 0.15) is 63.2 Å². The molecule has 0 aliphatic rings. The number of ether oxygens (including phenoxy) is 2. The summed E-state index contributed by atoms with van der Waals surface area (Å²) in [7, 11) is 1.40. The Morgan fingerprint density at radius 3 is 2.46 bits per heavy atom. The van der Waals surface area contributed by atoms with Gasteiger partial charge in [0.15, 0.2) is 11.5 Å². The van der Waals surface area contributed by atoms with Crippen molar-refractivity contribution in [1.82, 2.24) is 5.32 Å². The summed E-state index contributed by atoms with van der Waals surface area (Å²) in [6, 6.07) is 2.60. The number of nitrogens with one attached hydrogen (secondary N) is 1. The molecule has 0 saturated heterocycles. The second-order valence-electron chi connectivity index (χ2n) is 6.56. The van der Waals surface area contributed by atoms with E-state index in [2.05, 4.69) is 19.2 Å². The predicted octanol–water partition coefficient (Wildman–Crippen LogP) is 4.34. The van der Waals surface area contributed by atoms with E-state index in [9.17, 15) is 14.9 Å². The smallest absolute Gasteiger partial charge is 0.286 e. The fraction of sp³-hybridized carbons (Fsp3) is 0.632. The maximum absolute atomic E-state index is 12.4. The zero-order valence-corrected chi connectivity index (χ0v) is 16.2. The van der Waals surface area contributed by atoms with Gasteiger partial charge in [0.25, 0.3) is 11.6 Å². The van der Waals surface area contributed by atoms with Gasteiger partial charge in [-0.3, -0.25) is 14.9 Å². The second-order valence-corrected chi connectivity index (χ2v) is 6.56. The van der Waals surface area contributed by atoms with E-state index in [-0.39, 0.29) is 17.0 Å². The van der Waals surface area contributed by atoms with E-state index in [1.807, 2.05) is 0 Å². The summed E-state index contributed by atoms with van der Waals surface area (Å²) in [5, 5.41) is 14.1. The molecule has 0 aromatic heterocycles. The summed E-state index contributed by atoms with van der Waals surface area (Å²) < 4.78 is 10.5. The average Bonchev–Trinajstić information content (AvgIpc) is 2.60. The minimum Gasteiger partial charge on any atom is -0.493 e. The maximum Gasteiger partial charge on any atom is 0.286 e. The van der Waals surface area contributed by atoms with Crippen LogP contribution in [0.25, 0.3) is 0 Å². The number of nitro benzene ring substituents is 1. The molecule has 0 atom stereocenters. The molecule has 0 unspecified atom stereocenters. The minimum atomic E-state index is -0.584. The number of hydrogen-bond acceptors (Lipinski definition) is 5. The summed E-state index contributed by atoms with van der Waals surface area (Å²) in [5.74, 6) is 0.798. The van der Waals surface area contributed by atoms with Gasteiger partial charge < -0.3 is 14.8 Å². The first-order chi connectivity index (χ1) is 12.4. The fourth-order valence-electron chi connectivity index (χ4n) is 2.64. The van der Waals surface area contributed by atoms with Crippen LogP contribution in [0.3, 0.4) is 0 Å². The van der Waals surface area contributed by atoms with Gasteiger partial charge in [0.2, 0.25) is 0 Å². The molecule has 0 saturated carbocycles. The molecule has 0 radical (unpaired) electrons. The first-order valence-electron chi connectivity index (χ1n) is 9.18. The van der Waals surface area contributed by atoms with Crippen LogP contribution in [0, 0.1) is 16.0 Å². The third kappa shape index (κ3) is 6.90. The number of nitro groups is 1. The van der Waals surface area contributed by atoms with Crippen molar-refractivity contribution in [1.29, 1.82) is 0 Å². The standard InChI is InChI=1S/C19H30N2O5/c1-5-26-18-12-15(16(21(23)24)13-17(18)25-4)19(22)20-11-9-7-6-8-10-14(2)3/h12-14H,5-11H2,1-4H3,(H,20,22). The third-order valence-electron chi connectivity index (χ3n) is 4.02. The van der Waals surface area contributed by atoms with Crippen LogP contribution in [0.4, 0.5) is 5.69 Å². The molecule has 0 aliphatic heterocycles. The molecule has 7 nitrogen and oxygen atoms in total. The molecule has 0 fully saturated rings. The zero-order chi connectivity index (χ0) is 19.5. The highest BCUT2D eigenvalue weighted by atomic mass is 16.6. The van der Waals surface area contributed by atoms with Crippen molar-refractivity contribution in [2.45, 2.75) is 52.9 Å². The normalized spacial score (nSPS) is 10.7. The largest absolute Gasteiger partial charge is 0.493 e. The number of unbranched alkanes of at least 4 members (excludes halogenated alkanes) is 3. The average molecular weight is 366 g/mol. The van der Waals surface area contributed by atoms with Crippen molar-refractivity contribution in [3.63, 3.8) is 0 Å². The van der Waals surface area contributed by atoms with E-state index in [0.717, 1.165) is 19.3 Å². The van der Waals surface area contributed by atoms with Gasteiger partial charge in [0.1, 0.15) is 5.56 Å².